The van der Waals surface area contributed by atoms with E-state index < -0.39 is 0 Å². The van der Waals surface area contributed by atoms with Crippen LogP contribution in [0.15, 0.2) is 0 Å². The number of tetrazole rings is 1. The number of rotatable bonds is 4. The van der Waals surface area contributed by atoms with Gasteiger partial charge in [0.2, 0.25) is 0 Å². The fraction of sp³-hybridized carbons (Fsp3) is 0.933. The summed E-state index contributed by atoms with van der Waals surface area (Å²) in [4.78, 5) is 2.60. The van der Waals surface area contributed by atoms with Crippen LogP contribution < -0.4 is 0 Å². The van der Waals surface area contributed by atoms with Crippen LogP contribution in [0.2, 0.25) is 0 Å². The molecule has 6 heteroatoms. The highest BCUT2D eigenvalue weighted by molar-refractivity contribution is 5.85. The summed E-state index contributed by atoms with van der Waals surface area (Å²) in [5, 5.41) is 12.7. The third-order valence-corrected chi connectivity index (χ3v) is 4.87. The van der Waals surface area contributed by atoms with Gasteiger partial charge in [0.05, 0.1) is 12.1 Å². The summed E-state index contributed by atoms with van der Waals surface area (Å²) in [6.45, 7) is 6.99. The van der Waals surface area contributed by atoms with Crippen LogP contribution in [0.1, 0.15) is 76.7 Å². The van der Waals surface area contributed by atoms with Crippen molar-refractivity contribution in [2.75, 3.05) is 13.1 Å². The molecule has 1 unspecified atom stereocenters. The normalized spacial score (nSPS) is 22.4. The molecule has 0 amide bonds. The molecule has 1 aromatic rings. The minimum absolute atomic E-state index is 0. The molecule has 0 aromatic carbocycles. The predicted octanol–water partition coefficient (Wildman–Crippen LogP) is 3.39. The highest BCUT2D eigenvalue weighted by Gasteiger charge is 2.32. The zero-order valence-electron chi connectivity index (χ0n) is 13.2. The van der Waals surface area contributed by atoms with E-state index in [2.05, 4.69) is 39.0 Å². The van der Waals surface area contributed by atoms with Crippen molar-refractivity contribution >= 4 is 12.4 Å². The molecule has 21 heavy (non-hydrogen) atoms. The van der Waals surface area contributed by atoms with Crippen molar-refractivity contribution in [3.63, 3.8) is 0 Å². The largest absolute Gasteiger partial charge is 0.293 e. The Morgan fingerprint density at radius 2 is 1.67 bits per heavy atom. The molecule has 1 saturated carbocycles. The van der Waals surface area contributed by atoms with Crippen molar-refractivity contribution in [2.24, 2.45) is 5.92 Å². The van der Waals surface area contributed by atoms with E-state index in [0.29, 0.717) is 18.0 Å². The van der Waals surface area contributed by atoms with Crippen LogP contribution >= 0.6 is 12.4 Å². The van der Waals surface area contributed by atoms with E-state index in [-0.39, 0.29) is 12.4 Å². The quantitative estimate of drug-likeness (QED) is 0.855. The van der Waals surface area contributed by atoms with Gasteiger partial charge >= 0.3 is 0 Å². The zero-order chi connectivity index (χ0) is 13.9. The van der Waals surface area contributed by atoms with E-state index in [1.807, 2.05) is 0 Å². The van der Waals surface area contributed by atoms with Gasteiger partial charge in [0.25, 0.3) is 0 Å². The number of nitrogens with zero attached hydrogens (tertiary/aromatic N) is 5. The average molecular weight is 314 g/mol. The lowest BCUT2D eigenvalue weighted by molar-refractivity contribution is 0.116. The Hall–Kier alpha value is -0.680. The van der Waals surface area contributed by atoms with Gasteiger partial charge in [-0.25, -0.2) is 4.68 Å². The maximum atomic E-state index is 4.42. The molecule has 0 radical (unpaired) electrons. The van der Waals surface area contributed by atoms with Crippen molar-refractivity contribution in [3.8, 4) is 0 Å². The molecule has 1 aliphatic carbocycles. The molecule has 120 valence electrons. The molecule has 0 bridgehead atoms. The first kappa shape index (κ1) is 16.7. The summed E-state index contributed by atoms with van der Waals surface area (Å²) in [6, 6.07) is 0.914. The summed E-state index contributed by atoms with van der Waals surface area (Å²) < 4.78 is 2.15. The number of piperidine rings is 1. The van der Waals surface area contributed by atoms with Crippen LogP contribution in [0.25, 0.3) is 0 Å². The van der Waals surface area contributed by atoms with Crippen LogP contribution in [0.3, 0.4) is 0 Å². The maximum absolute atomic E-state index is 4.42. The SMILES string of the molecule is CC(C)C(c1nnnn1C1CCCC1)N1CCCCC1.Cl. The monoisotopic (exact) mass is 313 g/mol. The van der Waals surface area contributed by atoms with E-state index in [4.69, 9.17) is 0 Å². The molecule has 3 rings (SSSR count). The fourth-order valence-corrected chi connectivity index (χ4v) is 3.88. The van der Waals surface area contributed by atoms with Crippen LogP contribution in [-0.4, -0.2) is 38.2 Å². The minimum atomic E-state index is 0. The number of likely N-dealkylation sites (tertiary alicyclic amines) is 1. The molecular weight excluding hydrogens is 286 g/mol. The molecule has 1 saturated heterocycles. The first-order valence-corrected chi connectivity index (χ1v) is 8.29. The molecule has 2 heterocycles. The lowest BCUT2D eigenvalue weighted by Gasteiger charge is -2.36. The van der Waals surface area contributed by atoms with Gasteiger partial charge < -0.3 is 0 Å². The second-order valence-corrected chi connectivity index (χ2v) is 6.71. The lowest BCUT2D eigenvalue weighted by Crippen LogP contribution is -2.38. The smallest absolute Gasteiger partial charge is 0.168 e. The zero-order valence-corrected chi connectivity index (χ0v) is 14.1. The van der Waals surface area contributed by atoms with Crippen LogP contribution in [0.4, 0.5) is 0 Å². The third-order valence-electron chi connectivity index (χ3n) is 4.87. The number of aromatic nitrogens is 4. The van der Waals surface area contributed by atoms with Gasteiger partial charge in [0.1, 0.15) is 0 Å². The molecule has 2 aliphatic rings. The van der Waals surface area contributed by atoms with Gasteiger partial charge in [-0.15, -0.1) is 17.5 Å². The molecular formula is C15H28ClN5. The molecule has 2 fully saturated rings. The third kappa shape index (κ3) is 3.57. The van der Waals surface area contributed by atoms with E-state index in [9.17, 15) is 0 Å². The minimum Gasteiger partial charge on any atom is -0.293 e. The van der Waals surface area contributed by atoms with E-state index in [1.54, 1.807) is 0 Å². The highest BCUT2D eigenvalue weighted by atomic mass is 35.5. The Kier molecular flexibility index (Phi) is 5.99. The number of halogens is 1. The van der Waals surface area contributed by atoms with Gasteiger partial charge in [-0.3, -0.25) is 4.90 Å². The molecule has 0 N–H and O–H groups in total. The summed E-state index contributed by atoms with van der Waals surface area (Å²) >= 11 is 0. The number of hydrogen-bond acceptors (Lipinski definition) is 4. The standard InChI is InChI=1S/C15H27N5.ClH/c1-12(2)14(19-10-6-3-7-11-19)15-16-17-18-20(15)13-8-4-5-9-13;/h12-14H,3-11H2,1-2H3;1H. The lowest BCUT2D eigenvalue weighted by atomic mass is 9.98. The Balaban J connectivity index is 0.00000161. The average Bonchev–Trinajstić information content (AvgIpc) is 3.09. The van der Waals surface area contributed by atoms with Crippen molar-refractivity contribution in [1.29, 1.82) is 0 Å². The Bertz CT molecular complexity index is 421. The Morgan fingerprint density at radius 3 is 2.29 bits per heavy atom. The van der Waals surface area contributed by atoms with Crippen LogP contribution in [-0.2, 0) is 0 Å². The van der Waals surface area contributed by atoms with E-state index >= 15 is 0 Å². The Morgan fingerprint density at radius 1 is 1.00 bits per heavy atom. The summed E-state index contributed by atoms with van der Waals surface area (Å²) in [5.74, 6) is 1.66. The van der Waals surface area contributed by atoms with Gasteiger partial charge in [-0.1, -0.05) is 33.1 Å². The molecule has 1 aromatic heterocycles. The first-order valence-electron chi connectivity index (χ1n) is 8.29. The van der Waals surface area contributed by atoms with Gasteiger partial charge in [0.15, 0.2) is 5.82 Å². The van der Waals surface area contributed by atoms with E-state index in [0.717, 1.165) is 5.82 Å². The first-order chi connectivity index (χ1) is 9.77. The highest BCUT2D eigenvalue weighted by Crippen LogP contribution is 2.34. The number of hydrogen-bond donors (Lipinski definition) is 0. The molecule has 0 spiro atoms. The summed E-state index contributed by atoms with van der Waals surface area (Å²) in [7, 11) is 0. The molecule has 1 aliphatic heterocycles. The van der Waals surface area contributed by atoms with Crippen molar-refractivity contribution in [1.82, 2.24) is 25.1 Å². The molecule has 1 atom stereocenters. The van der Waals surface area contributed by atoms with E-state index in [1.165, 1.54) is 58.0 Å². The predicted molar refractivity (Wildman–Crippen MR) is 85.6 cm³/mol. The van der Waals surface area contributed by atoms with Crippen molar-refractivity contribution in [3.05, 3.63) is 5.82 Å². The maximum Gasteiger partial charge on any atom is 0.168 e. The van der Waals surface area contributed by atoms with Gasteiger partial charge in [0, 0.05) is 0 Å². The second-order valence-electron chi connectivity index (χ2n) is 6.71. The Labute approximate surface area is 133 Å². The van der Waals surface area contributed by atoms with Gasteiger partial charge in [-0.05, 0) is 55.1 Å². The van der Waals surface area contributed by atoms with Crippen molar-refractivity contribution < 1.29 is 0 Å². The second kappa shape index (κ2) is 7.54. The van der Waals surface area contributed by atoms with Crippen molar-refractivity contribution in [2.45, 2.75) is 70.9 Å². The topological polar surface area (TPSA) is 46.8 Å². The summed E-state index contributed by atoms with van der Waals surface area (Å²) in [6.07, 6.45) is 9.11. The fourth-order valence-electron chi connectivity index (χ4n) is 3.88. The van der Waals surface area contributed by atoms with Crippen LogP contribution in [0.5, 0.6) is 0 Å². The molecule has 5 nitrogen and oxygen atoms in total. The van der Waals surface area contributed by atoms with Gasteiger partial charge in [-0.2, -0.15) is 0 Å². The summed E-state index contributed by atoms with van der Waals surface area (Å²) in [5.41, 5.74) is 0. The van der Waals surface area contributed by atoms with Crippen LogP contribution in [0, 0.1) is 5.92 Å².